The van der Waals surface area contributed by atoms with Gasteiger partial charge in [0, 0.05) is 6.92 Å². The highest BCUT2D eigenvalue weighted by Crippen LogP contribution is 2.10. The molecule has 1 rings (SSSR count). The van der Waals surface area contributed by atoms with Crippen molar-refractivity contribution in [1.82, 2.24) is 5.32 Å². The summed E-state index contributed by atoms with van der Waals surface area (Å²) in [5.41, 5.74) is 0. The summed E-state index contributed by atoms with van der Waals surface area (Å²) >= 11 is 0. The third kappa shape index (κ3) is 18.2. The van der Waals surface area contributed by atoms with E-state index in [9.17, 15) is 13.2 Å². The summed E-state index contributed by atoms with van der Waals surface area (Å²) in [7, 11) is 0. The van der Waals surface area contributed by atoms with E-state index in [1.807, 2.05) is 0 Å². The van der Waals surface area contributed by atoms with E-state index in [1.165, 1.54) is 19.5 Å². The molecule has 0 atom stereocenters. The van der Waals surface area contributed by atoms with Crippen LogP contribution in [0.1, 0.15) is 13.3 Å². The zero-order valence-corrected chi connectivity index (χ0v) is 5.26. The molecule has 0 bridgehead atoms. The molecule has 0 aromatic heterocycles. The molecule has 56 valence electrons. The van der Waals surface area contributed by atoms with Gasteiger partial charge in [-0.05, 0) is 19.5 Å². The summed E-state index contributed by atoms with van der Waals surface area (Å²) in [6.07, 6.45) is -2.61. The summed E-state index contributed by atoms with van der Waals surface area (Å²) in [5.74, 6) is 0. The van der Waals surface area contributed by atoms with Crippen LogP contribution in [0.25, 0.3) is 0 Å². The third-order valence-corrected chi connectivity index (χ3v) is 0.707. The Morgan fingerprint density at radius 2 is 1.33 bits per heavy atom. The molecular formula is C5H10F3N. The van der Waals surface area contributed by atoms with Crippen molar-refractivity contribution in [3.63, 3.8) is 0 Å². The summed E-state index contributed by atoms with van der Waals surface area (Å²) < 4.78 is 31.1. The molecule has 0 spiro atoms. The molecule has 0 saturated carbocycles. The minimum absolute atomic E-state index is 0.188. The predicted molar refractivity (Wildman–Crippen MR) is 29.2 cm³/mol. The molecule has 1 aliphatic heterocycles. The van der Waals surface area contributed by atoms with Gasteiger partial charge >= 0.3 is 6.18 Å². The van der Waals surface area contributed by atoms with Crippen LogP contribution in [0, 0.1) is 0 Å². The van der Waals surface area contributed by atoms with Crippen molar-refractivity contribution >= 4 is 0 Å². The molecule has 1 saturated heterocycles. The van der Waals surface area contributed by atoms with Crippen molar-refractivity contribution in [3.05, 3.63) is 0 Å². The largest absolute Gasteiger partial charge is 0.386 e. The topological polar surface area (TPSA) is 12.0 Å². The van der Waals surface area contributed by atoms with Crippen LogP contribution in [0.3, 0.4) is 0 Å². The van der Waals surface area contributed by atoms with E-state index in [0.717, 1.165) is 0 Å². The second-order valence-electron chi connectivity index (χ2n) is 1.88. The summed E-state index contributed by atoms with van der Waals surface area (Å²) in [4.78, 5) is 0. The van der Waals surface area contributed by atoms with E-state index in [1.54, 1.807) is 0 Å². The van der Waals surface area contributed by atoms with Crippen LogP contribution in [0.4, 0.5) is 13.2 Å². The molecular weight excluding hydrogens is 131 g/mol. The van der Waals surface area contributed by atoms with E-state index in [4.69, 9.17) is 0 Å². The van der Waals surface area contributed by atoms with Crippen molar-refractivity contribution in [3.8, 4) is 0 Å². The first-order valence-electron chi connectivity index (χ1n) is 2.77. The van der Waals surface area contributed by atoms with E-state index >= 15 is 0 Å². The maximum atomic E-state index is 10.4. The van der Waals surface area contributed by atoms with Gasteiger partial charge in [-0.15, -0.1) is 0 Å². The number of rotatable bonds is 0. The summed E-state index contributed by atoms with van der Waals surface area (Å²) in [5, 5.41) is 3.11. The van der Waals surface area contributed by atoms with Gasteiger partial charge in [-0.3, -0.25) is 0 Å². The molecule has 0 amide bonds. The van der Waals surface area contributed by atoms with Crippen LogP contribution in [0.2, 0.25) is 0 Å². The summed E-state index contributed by atoms with van der Waals surface area (Å²) in [6, 6.07) is 0. The Kier molecular flexibility index (Phi) is 3.61. The van der Waals surface area contributed by atoms with Crippen LogP contribution in [-0.4, -0.2) is 19.3 Å². The third-order valence-electron chi connectivity index (χ3n) is 0.707. The molecule has 0 aromatic carbocycles. The van der Waals surface area contributed by atoms with Gasteiger partial charge in [0.05, 0.1) is 0 Å². The van der Waals surface area contributed by atoms with Crippen molar-refractivity contribution in [1.29, 1.82) is 0 Å². The van der Waals surface area contributed by atoms with Crippen LogP contribution in [0.15, 0.2) is 0 Å². The van der Waals surface area contributed by atoms with Gasteiger partial charge in [-0.2, -0.15) is 13.2 Å². The van der Waals surface area contributed by atoms with Crippen LogP contribution in [0.5, 0.6) is 0 Å². The zero-order chi connectivity index (χ0) is 7.33. The fourth-order valence-electron chi connectivity index (χ4n) is 0.177. The lowest BCUT2D eigenvalue weighted by Gasteiger charge is -2.09. The normalized spacial score (nSPS) is 17.3. The SMILES string of the molecule is C1CNC1.CC(F)(F)F. The van der Waals surface area contributed by atoms with Crippen molar-refractivity contribution < 1.29 is 13.2 Å². The van der Waals surface area contributed by atoms with Gasteiger partial charge in [0.2, 0.25) is 0 Å². The van der Waals surface area contributed by atoms with Gasteiger partial charge in [0.25, 0.3) is 0 Å². The standard InChI is InChI=1S/C3H7N.C2H3F3/c1-2-4-3-1;1-2(3,4)5/h4H,1-3H2;1H3. The lowest BCUT2D eigenvalue weighted by Crippen LogP contribution is -2.29. The molecule has 0 radical (unpaired) electrons. The zero-order valence-electron chi connectivity index (χ0n) is 5.26. The number of alkyl halides is 3. The highest BCUT2D eigenvalue weighted by Gasteiger charge is 2.15. The number of halogens is 3. The van der Waals surface area contributed by atoms with Crippen LogP contribution >= 0.6 is 0 Å². The molecule has 1 nitrogen and oxygen atoms in total. The maximum absolute atomic E-state index is 10.4. The minimum Gasteiger partial charge on any atom is -0.317 e. The molecule has 1 heterocycles. The number of hydrogen-bond acceptors (Lipinski definition) is 1. The monoisotopic (exact) mass is 141 g/mol. The highest BCUT2D eigenvalue weighted by molar-refractivity contribution is 4.56. The Labute approximate surface area is 52.2 Å². The number of hydrogen-bond donors (Lipinski definition) is 1. The minimum atomic E-state index is -4.00. The van der Waals surface area contributed by atoms with Crippen molar-refractivity contribution in [2.24, 2.45) is 0 Å². The van der Waals surface area contributed by atoms with Crippen LogP contribution < -0.4 is 5.32 Å². The Bertz CT molecular complexity index is 55.1. The Morgan fingerprint density at radius 1 is 1.22 bits per heavy atom. The first-order valence-corrected chi connectivity index (χ1v) is 2.77. The van der Waals surface area contributed by atoms with Gasteiger partial charge < -0.3 is 5.32 Å². The van der Waals surface area contributed by atoms with Crippen molar-refractivity contribution in [2.75, 3.05) is 13.1 Å². The first-order chi connectivity index (χ1) is 4.00. The Hall–Kier alpha value is -0.250. The molecule has 9 heavy (non-hydrogen) atoms. The molecule has 4 heteroatoms. The summed E-state index contributed by atoms with van der Waals surface area (Å²) in [6.45, 7) is 2.69. The molecule has 0 aliphatic carbocycles. The van der Waals surface area contributed by atoms with Gasteiger partial charge in [0.15, 0.2) is 0 Å². The van der Waals surface area contributed by atoms with Crippen molar-refractivity contribution in [2.45, 2.75) is 19.5 Å². The second-order valence-corrected chi connectivity index (χ2v) is 1.88. The quantitative estimate of drug-likeness (QED) is 0.539. The number of nitrogens with one attached hydrogen (secondary N) is 1. The fraction of sp³-hybridized carbons (Fsp3) is 1.00. The van der Waals surface area contributed by atoms with Gasteiger partial charge in [0.1, 0.15) is 0 Å². The first kappa shape index (κ1) is 8.75. The Balaban J connectivity index is 0.000000144. The molecule has 0 aromatic rings. The Morgan fingerprint density at radius 3 is 1.33 bits per heavy atom. The van der Waals surface area contributed by atoms with E-state index in [2.05, 4.69) is 5.32 Å². The molecule has 0 unspecified atom stereocenters. The van der Waals surface area contributed by atoms with Gasteiger partial charge in [-0.25, -0.2) is 0 Å². The van der Waals surface area contributed by atoms with E-state index in [0.29, 0.717) is 0 Å². The second kappa shape index (κ2) is 3.71. The predicted octanol–water partition coefficient (Wildman–Crippen LogP) is 1.55. The van der Waals surface area contributed by atoms with Gasteiger partial charge in [-0.1, -0.05) is 0 Å². The van der Waals surface area contributed by atoms with E-state index in [-0.39, 0.29) is 6.92 Å². The smallest absolute Gasteiger partial charge is 0.317 e. The molecule has 1 aliphatic rings. The lowest BCUT2D eigenvalue weighted by atomic mass is 10.3. The maximum Gasteiger partial charge on any atom is 0.386 e. The average molecular weight is 141 g/mol. The van der Waals surface area contributed by atoms with E-state index < -0.39 is 6.18 Å². The van der Waals surface area contributed by atoms with Crippen LogP contribution in [-0.2, 0) is 0 Å². The highest BCUT2D eigenvalue weighted by atomic mass is 19.4. The lowest BCUT2D eigenvalue weighted by molar-refractivity contribution is -0.110. The molecule has 1 N–H and O–H groups in total. The molecule has 1 fully saturated rings. The average Bonchev–Trinajstić information content (AvgIpc) is 1.12. The fourth-order valence-corrected chi connectivity index (χ4v) is 0.177.